The second kappa shape index (κ2) is 14.4. The Bertz CT molecular complexity index is 1600. The number of anilines is 3. The Balaban J connectivity index is 1.30. The highest BCUT2D eigenvalue weighted by Crippen LogP contribution is 2.35. The summed E-state index contributed by atoms with van der Waals surface area (Å²) in [6.07, 6.45) is 1.93. The maximum absolute atomic E-state index is 13.8. The molecular formula is C27H32F2N7O6P. The van der Waals surface area contributed by atoms with Gasteiger partial charge in [0, 0.05) is 42.3 Å². The molecule has 4 rings (SSSR count). The Hall–Kier alpha value is -4.01. The average molecular weight is 620 g/mol. The monoisotopic (exact) mass is 619 g/mol. The number of amides is 1. The minimum absolute atomic E-state index is 0.0726. The predicted octanol–water partition coefficient (Wildman–Crippen LogP) is 4.14. The Morgan fingerprint density at radius 2 is 1.93 bits per heavy atom. The number of ether oxygens (including phenoxy) is 1. The first-order valence-electron chi connectivity index (χ1n) is 13.4. The van der Waals surface area contributed by atoms with Crippen LogP contribution in [0.15, 0.2) is 48.8 Å². The van der Waals surface area contributed by atoms with Gasteiger partial charge in [0.2, 0.25) is 5.91 Å². The molecule has 2 heterocycles. The van der Waals surface area contributed by atoms with E-state index in [-0.39, 0.29) is 24.8 Å². The quantitative estimate of drug-likeness (QED) is 0.0955. The molecule has 13 nitrogen and oxygen atoms in total. The van der Waals surface area contributed by atoms with Gasteiger partial charge in [-0.25, -0.2) is 23.3 Å². The Kier molecular flexibility index (Phi) is 10.7. The van der Waals surface area contributed by atoms with Crippen molar-refractivity contribution in [3.8, 4) is 5.75 Å². The molecule has 0 aliphatic rings. The number of hydrogen-bond acceptors (Lipinski definition) is 9. The number of nitrogens with one attached hydrogen (secondary N) is 3. The van der Waals surface area contributed by atoms with E-state index >= 15 is 0 Å². The highest BCUT2D eigenvalue weighted by Gasteiger charge is 2.16. The van der Waals surface area contributed by atoms with Crippen LogP contribution in [0.3, 0.4) is 0 Å². The number of benzene rings is 2. The predicted molar refractivity (Wildman–Crippen MR) is 155 cm³/mol. The molecule has 0 fully saturated rings. The summed E-state index contributed by atoms with van der Waals surface area (Å²) < 4.78 is 48.6. The minimum Gasteiger partial charge on any atom is -0.493 e. The van der Waals surface area contributed by atoms with Crippen LogP contribution in [0.2, 0.25) is 0 Å². The molecule has 230 valence electrons. The van der Waals surface area contributed by atoms with Crippen molar-refractivity contribution in [2.45, 2.75) is 32.7 Å². The standard InChI is InChI=1S/C27H32F2N7O6P/c1-17(2)36(10-12-42-43(38,39)40)9-4-11-41-19-7-8-20-23(15-19)30-16-31-27(20)33-24-13-18(34-35-24)14-25(37)32-22-6-3-5-21(28)26(22)29/h3,5-8,13,15-17H,4,9-12,14H2,1-2H3,(H,32,37)(H2,38,39,40)(H2,30,31,33,34,35). The molecule has 0 spiro atoms. The maximum atomic E-state index is 13.8. The van der Waals surface area contributed by atoms with Gasteiger partial charge in [-0.2, -0.15) is 5.10 Å². The number of aromatic nitrogens is 4. The third-order valence-electron chi connectivity index (χ3n) is 6.29. The van der Waals surface area contributed by atoms with Gasteiger partial charge in [0.15, 0.2) is 17.5 Å². The van der Waals surface area contributed by atoms with E-state index in [0.29, 0.717) is 60.1 Å². The Morgan fingerprint density at radius 1 is 1.12 bits per heavy atom. The molecule has 0 aliphatic carbocycles. The summed E-state index contributed by atoms with van der Waals surface area (Å²) >= 11 is 0. The van der Waals surface area contributed by atoms with Gasteiger partial charge in [-0.3, -0.25) is 19.3 Å². The molecule has 0 saturated carbocycles. The molecular weight excluding hydrogens is 587 g/mol. The van der Waals surface area contributed by atoms with E-state index in [4.69, 9.17) is 14.5 Å². The van der Waals surface area contributed by atoms with Crippen LogP contribution in [-0.4, -0.2) is 73.1 Å². The van der Waals surface area contributed by atoms with Crippen LogP contribution < -0.4 is 15.4 Å². The summed E-state index contributed by atoms with van der Waals surface area (Å²) in [5.41, 5.74) is 0.819. The lowest BCUT2D eigenvalue weighted by Gasteiger charge is -2.26. The van der Waals surface area contributed by atoms with Crippen LogP contribution in [0.25, 0.3) is 10.9 Å². The van der Waals surface area contributed by atoms with E-state index in [1.807, 2.05) is 18.7 Å². The highest BCUT2D eigenvalue weighted by atomic mass is 31.2. The van der Waals surface area contributed by atoms with Gasteiger partial charge in [-0.05, 0) is 44.5 Å². The van der Waals surface area contributed by atoms with E-state index in [0.717, 1.165) is 6.07 Å². The number of fused-ring (bicyclic) bond motifs is 1. The summed E-state index contributed by atoms with van der Waals surface area (Å²) in [5, 5.41) is 13.0. The van der Waals surface area contributed by atoms with Crippen LogP contribution in [-0.2, 0) is 20.3 Å². The largest absolute Gasteiger partial charge is 0.493 e. The first-order chi connectivity index (χ1) is 20.5. The molecule has 0 aliphatic heterocycles. The van der Waals surface area contributed by atoms with Crippen molar-refractivity contribution >= 4 is 42.0 Å². The summed E-state index contributed by atoms with van der Waals surface area (Å²) in [4.78, 5) is 40.7. The molecule has 0 bridgehead atoms. The summed E-state index contributed by atoms with van der Waals surface area (Å²) in [7, 11) is -4.49. The fraction of sp³-hybridized carbons (Fsp3) is 0.333. The number of rotatable bonds is 15. The molecule has 0 unspecified atom stereocenters. The number of phosphoric acid groups is 1. The zero-order valence-electron chi connectivity index (χ0n) is 23.5. The summed E-state index contributed by atoms with van der Waals surface area (Å²) in [6.45, 7) is 5.36. The Labute approximate surface area is 245 Å². The first kappa shape index (κ1) is 31.9. The molecule has 0 atom stereocenters. The topological polar surface area (TPSA) is 175 Å². The molecule has 5 N–H and O–H groups in total. The lowest BCUT2D eigenvalue weighted by atomic mass is 10.2. The first-order valence-corrected chi connectivity index (χ1v) is 14.9. The fourth-order valence-electron chi connectivity index (χ4n) is 4.19. The molecule has 4 aromatic rings. The zero-order chi connectivity index (χ0) is 31.0. The highest BCUT2D eigenvalue weighted by molar-refractivity contribution is 7.46. The van der Waals surface area contributed by atoms with E-state index in [2.05, 4.69) is 35.3 Å². The van der Waals surface area contributed by atoms with Gasteiger partial charge < -0.3 is 25.2 Å². The molecule has 0 radical (unpaired) electrons. The molecule has 43 heavy (non-hydrogen) atoms. The van der Waals surface area contributed by atoms with Gasteiger partial charge in [0.05, 0.1) is 30.8 Å². The zero-order valence-corrected chi connectivity index (χ0v) is 24.4. The van der Waals surface area contributed by atoms with Crippen LogP contribution in [0.5, 0.6) is 5.75 Å². The van der Waals surface area contributed by atoms with Gasteiger partial charge in [-0.15, -0.1) is 0 Å². The average Bonchev–Trinajstić information content (AvgIpc) is 3.38. The van der Waals surface area contributed by atoms with Crippen molar-refractivity contribution in [2.24, 2.45) is 0 Å². The smallest absolute Gasteiger partial charge is 0.469 e. The lowest BCUT2D eigenvalue weighted by molar-refractivity contribution is -0.115. The van der Waals surface area contributed by atoms with Crippen LogP contribution >= 0.6 is 7.82 Å². The number of hydrogen-bond donors (Lipinski definition) is 5. The van der Waals surface area contributed by atoms with Gasteiger partial charge >= 0.3 is 7.82 Å². The Morgan fingerprint density at radius 3 is 2.70 bits per heavy atom. The molecule has 1 amide bonds. The van der Waals surface area contributed by atoms with Crippen molar-refractivity contribution in [3.63, 3.8) is 0 Å². The van der Waals surface area contributed by atoms with Gasteiger partial charge in [0.25, 0.3) is 0 Å². The van der Waals surface area contributed by atoms with Crippen molar-refractivity contribution in [1.29, 1.82) is 0 Å². The summed E-state index contributed by atoms with van der Waals surface area (Å²) in [6, 6.07) is 10.7. The molecule has 0 saturated heterocycles. The van der Waals surface area contributed by atoms with Gasteiger partial charge in [0.1, 0.15) is 17.9 Å². The molecule has 2 aromatic heterocycles. The SMILES string of the molecule is CC(C)N(CCCOc1ccc2c(Nc3cc(CC(=O)Nc4cccc(F)c4F)[nH]n3)ncnc2c1)CCOP(=O)(O)O. The number of carbonyl (C=O) groups excluding carboxylic acids is 1. The minimum atomic E-state index is -4.49. The van der Waals surface area contributed by atoms with Crippen molar-refractivity contribution in [3.05, 3.63) is 66.1 Å². The van der Waals surface area contributed by atoms with Crippen LogP contribution in [0, 0.1) is 11.6 Å². The number of aromatic amines is 1. The van der Waals surface area contributed by atoms with E-state index in [1.165, 1.54) is 18.5 Å². The van der Waals surface area contributed by atoms with Crippen molar-refractivity contribution < 1.29 is 37.2 Å². The second-order valence-electron chi connectivity index (χ2n) is 9.79. The summed E-state index contributed by atoms with van der Waals surface area (Å²) in [5.74, 6) is -1.26. The normalized spacial score (nSPS) is 11.8. The van der Waals surface area contributed by atoms with Crippen molar-refractivity contribution in [2.75, 3.05) is 36.9 Å². The number of carbonyl (C=O) groups is 1. The molecule has 16 heteroatoms. The lowest BCUT2D eigenvalue weighted by Crippen LogP contribution is -2.35. The second-order valence-corrected chi connectivity index (χ2v) is 11.0. The third-order valence-corrected chi connectivity index (χ3v) is 6.81. The molecule has 2 aromatic carbocycles. The van der Waals surface area contributed by atoms with Gasteiger partial charge in [-0.1, -0.05) is 6.07 Å². The van der Waals surface area contributed by atoms with E-state index in [1.54, 1.807) is 24.3 Å². The number of phosphoric ester groups is 1. The maximum Gasteiger partial charge on any atom is 0.469 e. The van der Waals surface area contributed by atoms with Crippen LogP contribution in [0.4, 0.5) is 26.1 Å². The fourth-order valence-corrected chi connectivity index (χ4v) is 4.51. The van der Waals surface area contributed by atoms with E-state index < -0.39 is 25.4 Å². The van der Waals surface area contributed by atoms with E-state index in [9.17, 15) is 18.1 Å². The number of halogens is 2. The number of H-pyrrole nitrogens is 1. The third kappa shape index (κ3) is 9.49. The van der Waals surface area contributed by atoms with Crippen LogP contribution in [0.1, 0.15) is 26.0 Å². The number of nitrogens with zero attached hydrogens (tertiary/aromatic N) is 4. The van der Waals surface area contributed by atoms with Crippen molar-refractivity contribution in [1.82, 2.24) is 25.1 Å².